The molecule has 0 atom stereocenters. The molecule has 22 heavy (non-hydrogen) atoms. The summed E-state index contributed by atoms with van der Waals surface area (Å²) in [5.74, 6) is 1.48. The van der Waals surface area contributed by atoms with Gasteiger partial charge in [-0.3, -0.25) is 9.13 Å². The van der Waals surface area contributed by atoms with Gasteiger partial charge >= 0.3 is 15.2 Å². The minimum absolute atomic E-state index is 0.0775. The summed E-state index contributed by atoms with van der Waals surface area (Å²) in [6.07, 6.45) is 1.56. The fraction of sp³-hybridized carbons (Fsp3) is 0.417. The molecular formula is C12H20N2O6P2. The summed E-state index contributed by atoms with van der Waals surface area (Å²) in [6, 6.07) is 3.56. The molecule has 0 radical (unpaired) electrons. The van der Waals surface area contributed by atoms with Crippen LogP contribution >= 0.6 is 15.2 Å². The van der Waals surface area contributed by atoms with Gasteiger partial charge in [0.25, 0.3) is 0 Å². The van der Waals surface area contributed by atoms with Crippen LogP contribution in [0.2, 0.25) is 0 Å². The fourth-order valence-corrected chi connectivity index (χ4v) is 4.01. The zero-order chi connectivity index (χ0) is 16.8. The minimum Gasteiger partial charge on any atom is -0.333 e. The van der Waals surface area contributed by atoms with E-state index in [9.17, 15) is 9.13 Å². The van der Waals surface area contributed by atoms with Crippen molar-refractivity contribution in [2.24, 2.45) is 0 Å². The van der Waals surface area contributed by atoms with Crippen molar-refractivity contribution in [2.75, 3.05) is 33.8 Å². The number of hydrogen-bond donors (Lipinski definition) is 1. The minimum atomic E-state index is -3.72. The number of anilines is 1. The third-order valence-electron chi connectivity index (χ3n) is 2.82. The van der Waals surface area contributed by atoms with Gasteiger partial charge in [0.05, 0.1) is 5.82 Å². The first-order valence-corrected chi connectivity index (χ1v) is 9.34. The summed E-state index contributed by atoms with van der Waals surface area (Å²) in [5, 5.41) is 2.82. The maximum Gasteiger partial charge on any atom is 0.377 e. The van der Waals surface area contributed by atoms with Gasteiger partial charge in [-0.1, -0.05) is 6.07 Å². The molecule has 0 spiro atoms. The highest BCUT2D eigenvalue weighted by Gasteiger charge is 2.33. The van der Waals surface area contributed by atoms with Crippen molar-refractivity contribution < 1.29 is 27.2 Å². The molecular weight excluding hydrogens is 330 g/mol. The summed E-state index contributed by atoms with van der Waals surface area (Å²) in [6.45, 7) is 1.81. The number of rotatable bonds is 8. The molecule has 8 nitrogen and oxygen atoms in total. The van der Waals surface area contributed by atoms with E-state index in [4.69, 9.17) is 18.1 Å². The van der Waals surface area contributed by atoms with Gasteiger partial charge in [-0.25, -0.2) is 4.98 Å². The van der Waals surface area contributed by atoms with Crippen LogP contribution in [0.15, 0.2) is 29.6 Å². The highest BCUT2D eigenvalue weighted by Crippen LogP contribution is 2.60. The van der Waals surface area contributed by atoms with Crippen molar-refractivity contribution in [1.82, 2.24) is 4.98 Å². The Morgan fingerprint density at radius 1 is 1.14 bits per heavy atom. The Morgan fingerprint density at radius 3 is 2.18 bits per heavy atom. The van der Waals surface area contributed by atoms with E-state index >= 15 is 0 Å². The molecule has 1 heterocycles. The van der Waals surface area contributed by atoms with Gasteiger partial charge < -0.3 is 23.4 Å². The first-order chi connectivity index (χ1) is 10.3. The average Bonchev–Trinajstić information content (AvgIpc) is 2.55. The fourth-order valence-electron chi connectivity index (χ4n) is 1.51. The Morgan fingerprint density at radius 2 is 1.73 bits per heavy atom. The largest absolute Gasteiger partial charge is 0.377 e. The summed E-state index contributed by atoms with van der Waals surface area (Å²) in [4.78, 5) is 4.13. The van der Waals surface area contributed by atoms with Crippen LogP contribution in [-0.2, 0) is 27.2 Å². The normalized spacial score (nSPS) is 13.2. The first-order valence-electron chi connectivity index (χ1n) is 6.19. The molecule has 10 heteroatoms. The second-order valence-corrected chi connectivity index (χ2v) is 8.35. The highest BCUT2D eigenvalue weighted by atomic mass is 31.2. The molecule has 0 unspecified atom stereocenters. The summed E-state index contributed by atoms with van der Waals surface area (Å²) in [7, 11) is -2.45. The van der Waals surface area contributed by atoms with E-state index in [1.54, 1.807) is 12.3 Å². The monoisotopic (exact) mass is 350 g/mol. The maximum absolute atomic E-state index is 12.6. The number of aryl methyl sites for hydroxylation is 1. The van der Waals surface area contributed by atoms with Crippen molar-refractivity contribution in [1.29, 1.82) is 0 Å². The van der Waals surface area contributed by atoms with Gasteiger partial charge in [-0.15, -0.1) is 0 Å². The van der Waals surface area contributed by atoms with E-state index in [-0.39, 0.29) is 5.44 Å². The van der Waals surface area contributed by atoms with Crippen LogP contribution < -0.4 is 5.32 Å². The van der Waals surface area contributed by atoms with Crippen molar-refractivity contribution in [3.63, 3.8) is 0 Å². The Hall–Kier alpha value is -1.01. The summed E-state index contributed by atoms with van der Waals surface area (Å²) in [5.41, 5.74) is 0.711. The second-order valence-electron chi connectivity index (χ2n) is 4.08. The Labute approximate surface area is 129 Å². The quantitative estimate of drug-likeness (QED) is 0.711. The molecule has 0 aliphatic heterocycles. The third-order valence-corrected chi connectivity index (χ3v) is 6.41. The molecule has 0 saturated carbocycles. The van der Waals surface area contributed by atoms with Crippen molar-refractivity contribution in [3.05, 3.63) is 35.1 Å². The lowest BCUT2D eigenvalue weighted by molar-refractivity contribution is 0.279. The zero-order valence-electron chi connectivity index (χ0n) is 13.1. The standard InChI is InChI=1S/C12H20N2O6P2/c1-10-7-6-8-13-12(10)14-11(22(16,19-4)20-5)9-21(15,17-2)18-3/h6-9H,1-5H3,(H,13,14)/b11-9+. The molecule has 0 bridgehead atoms. The Kier molecular flexibility index (Phi) is 6.94. The lowest BCUT2D eigenvalue weighted by atomic mass is 10.3. The van der Waals surface area contributed by atoms with Crippen LogP contribution in [0.4, 0.5) is 5.82 Å². The third kappa shape index (κ3) is 4.49. The van der Waals surface area contributed by atoms with Crippen LogP contribution in [0, 0.1) is 6.92 Å². The Bertz CT molecular complexity index is 618. The van der Waals surface area contributed by atoms with Crippen LogP contribution in [0.1, 0.15) is 5.56 Å². The number of hydrogen-bond acceptors (Lipinski definition) is 8. The van der Waals surface area contributed by atoms with Crippen LogP contribution in [0.5, 0.6) is 0 Å². The SMILES string of the molecule is COP(=O)(/C=C(\Nc1ncccc1C)P(=O)(OC)OC)OC. The van der Waals surface area contributed by atoms with Crippen LogP contribution in [0.25, 0.3) is 0 Å². The van der Waals surface area contributed by atoms with Crippen LogP contribution in [-0.4, -0.2) is 33.4 Å². The number of nitrogens with zero attached hydrogens (tertiary/aromatic N) is 1. The average molecular weight is 350 g/mol. The van der Waals surface area contributed by atoms with E-state index in [0.717, 1.165) is 11.4 Å². The number of aromatic nitrogens is 1. The van der Waals surface area contributed by atoms with Gasteiger partial charge in [0.2, 0.25) is 0 Å². The molecule has 1 N–H and O–H groups in total. The van der Waals surface area contributed by atoms with E-state index in [1.807, 2.05) is 13.0 Å². The van der Waals surface area contributed by atoms with E-state index in [2.05, 4.69) is 10.3 Å². The topological polar surface area (TPSA) is 96.0 Å². The molecule has 1 aromatic rings. The zero-order valence-corrected chi connectivity index (χ0v) is 14.9. The smallest absolute Gasteiger partial charge is 0.333 e. The van der Waals surface area contributed by atoms with Crippen molar-refractivity contribution in [3.8, 4) is 0 Å². The Balaban J connectivity index is 3.36. The van der Waals surface area contributed by atoms with E-state index < -0.39 is 15.2 Å². The predicted molar refractivity (Wildman–Crippen MR) is 83.9 cm³/mol. The molecule has 1 rings (SSSR count). The molecule has 0 amide bonds. The second kappa shape index (κ2) is 8.02. The molecule has 0 aliphatic carbocycles. The number of nitrogens with one attached hydrogen (secondary N) is 1. The maximum atomic E-state index is 12.6. The van der Waals surface area contributed by atoms with Gasteiger partial charge in [0.1, 0.15) is 11.3 Å². The summed E-state index contributed by atoms with van der Waals surface area (Å²) < 4.78 is 44.5. The van der Waals surface area contributed by atoms with Crippen molar-refractivity contribution >= 4 is 21.0 Å². The summed E-state index contributed by atoms with van der Waals surface area (Å²) >= 11 is 0. The predicted octanol–water partition coefficient (Wildman–Crippen LogP) is 3.57. The van der Waals surface area contributed by atoms with Gasteiger partial charge in [0, 0.05) is 34.6 Å². The molecule has 0 saturated heterocycles. The van der Waals surface area contributed by atoms with E-state index in [0.29, 0.717) is 5.82 Å². The lowest BCUT2D eigenvalue weighted by Crippen LogP contribution is -2.07. The van der Waals surface area contributed by atoms with Crippen LogP contribution in [0.3, 0.4) is 0 Å². The molecule has 1 aromatic heterocycles. The molecule has 0 fully saturated rings. The van der Waals surface area contributed by atoms with E-state index in [1.165, 1.54) is 28.4 Å². The lowest BCUT2D eigenvalue weighted by Gasteiger charge is -2.20. The highest BCUT2D eigenvalue weighted by molar-refractivity contribution is 7.62. The van der Waals surface area contributed by atoms with Gasteiger partial charge in [-0.2, -0.15) is 0 Å². The molecule has 0 aromatic carbocycles. The van der Waals surface area contributed by atoms with Gasteiger partial charge in [-0.05, 0) is 18.6 Å². The van der Waals surface area contributed by atoms with Gasteiger partial charge in [0.15, 0.2) is 0 Å². The molecule has 0 aliphatic rings. The number of pyridine rings is 1. The van der Waals surface area contributed by atoms with Crippen molar-refractivity contribution in [2.45, 2.75) is 6.92 Å². The molecule has 124 valence electrons. The first kappa shape index (κ1) is 19.0.